The van der Waals surface area contributed by atoms with Crippen molar-refractivity contribution in [3.63, 3.8) is 0 Å². The van der Waals surface area contributed by atoms with Gasteiger partial charge in [-0.2, -0.15) is 0 Å². The minimum absolute atomic E-state index is 0.0232. The van der Waals surface area contributed by atoms with E-state index in [9.17, 15) is 4.79 Å². The number of nitrogens with one attached hydrogen (secondary N) is 1. The summed E-state index contributed by atoms with van der Waals surface area (Å²) in [4.78, 5) is 11.4. The maximum absolute atomic E-state index is 11.4. The van der Waals surface area contributed by atoms with Gasteiger partial charge in [-0.15, -0.1) is 0 Å². The smallest absolute Gasteiger partial charge is 0.231 e. The Morgan fingerprint density at radius 2 is 1.86 bits per heavy atom. The molecule has 4 nitrogen and oxygen atoms in total. The van der Waals surface area contributed by atoms with E-state index in [1.807, 2.05) is 18.2 Å². The minimum atomic E-state index is -0.0232. The first-order chi connectivity index (χ1) is 10.7. The van der Waals surface area contributed by atoms with Crippen molar-refractivity contribution in [3.05, 3.63) is 41.5 Å². The Morgan fingerprint density at radius 1 is 1.05 bits per heavy atom. The number of benzene rings is 2. The lowest BCUT2D eigenvalue weighted by Gasteiger charge is -2.14. The summed E-state index contributed by atoms with van der Waals surface area (Å²) < 4.78 is 10.9. The Morgan fingerprint density at radius 3 is 2.73 bits per heavy atom. The monoisotopic (exact) mass is 295 g/mol. The van der Waals surface area contributed by atoms with E-state index in [4.69, 9.17) is 9.47 Å². The Balaban J connectivity index is 1.80. The molecule has 0 saturated carbocycles. The highest BCUT2D eigenvalue weighted by atomic mass is 16.7. The number of amides is 1. The molecular formula is C18H17NO3. The van der Waals surface area contributed by atoms with E-state index in [0.29, 0.717) is 6.79 Å². The summed E-state index contributed by atoms with van der Waals surface area (Å²) in [5.41, 5.74) is 5.91. The highest BCUT2D eigenvalue weighted by Crippen LogP contribution is 2.40. The Labute approximate surface area is 129 Å². The second-order valence-corrected chi connectivity index (χ2v) is 5.72. The van der Waals surface area contributed by atoms with E-state index in [1.165, 1.54) is 16.7 Å². The minimum Gasteiger partial charge on any atom is -0.454 e. The molecule has 22 heavy (non-hydrogen) atoms. The van der Waals surface area contributed by atoms with Gasteiger partial charge in [-0.25, -0.2) is 0 Å². The quantitative estimate of drug-likeness (QED) is 0.922. The highest BCUT2D eigenvalue weighted by molar-refractivity contribution is 5.91. The molecule has 2 aromatic carbocycles. The van der Waals surface area contributed by atoms with Crippen LogP contribution < -0.4 is 14.8 Å². The van der Waals surface area contributed by atoms with Gasteiger partial charge in [0.05, 0.1) is 0 Å². The molecule has 112 valence electrons. The summed E-state index contributed by atoms with van der Waals surface area (Å²) >= 11 is 0. The van der Waals surface area contributed by atoms with Crippen molar-refractivity contribution in [2.75, 3.05) is 12.1 Å². The van der Waals surface area contributed by atoms with Gasteiger partial charge in [-0.05, 0) is 59.7 Å². The van der Waals surface area contributed by atoms with Gasteiger partial charge in [-0.3, -0.25) is 4.79 Å². The zero-order chi connectivity index (χ0) is 15.1. The second kappa shape index (κ2) is 5.05. The first kappa shape index (κ1) is 13.2. The number of hydrogen-bond acceptors (Lipinski definition) is 3. The van der Waals surface area contributed by atoms with Crippen LogP contribution >= 0.6 is 0 Å². The molecule has 0 radical (unpaired) electrons. The van der Waals surface area contributed by atoms with E-state index in [0.717, 1.165) is 42.0 Å². The van der Waals surface area contributed by atoms with Crippen molar-refractivity contribution in [1.29, 1.82) is 0 Å². The molecule has 0 aromatic heterocycles. The molecule has 2 aliphatic rings. The number of rotatable bonds is 2. The molecule has 1 amide bonds. The van der Waals surface area contributed by atoms with Crippen molar-refractivity contribution in [2.24, 2.45) is 0 Å². The van der Waals surface area contributed by atoms with Crippen molar-refractivity contribution in [1.82, 2.24) is 0 Å². The van der Waals surface area contributed by atoms with Crippen LogP contribution in [0.4, 0.5) is 5.69 Å². The SMILES string of the molecule is CC(=O)Nc1ccc(-c2ccc3c(c2)OCO3)c2c1CCC2. The van der Waals surface area contributed by atoms with Crippen molar-refractivity contribution >= 4 is 11.6 Å². The molecule has 1 aliphatic heterocycles. The van der Waals surface area contributed by atoms with Gasteiger partial charge >= 0.3 is 0 Å². The number of anilines is 1. The number of carbonyl (C=O) groups excluding carboxylic acids is 1. The molecule has 0 spiro atoms. The maximum Gasteiger partial charge on any atom is 0.231 e. The predicted molar refractivity (Wildman–Crippen MR) is 84.3 cm³/mol. The Kier molecular flexibility index (Phi) is 3.03. The summed E-state index contributed by atoms with van der Waals surface area (Å²) in [7, 11) is 0. The fourth-order valence-corrected chi connectivity index (χ4v) is 3.35. The van der Waals surface area contributed by atoms with Crippen LogP contribution in [0.2, 0.25) is 0 Å². The lowest BCUT2D eigenvalue weighted by atomic mass is 9.95. The van der Waals surface area contributed by atoms with E-state index < -0.39 is 0 Å². The molecule has 0 saturated heterocycles. The molecular weight excluding hydrogens is 278 g/mol. The second-order valence-electron chi connectivity index (χ2n) is 5.72. The average Bonchev–Trinajstić information content (AvgIpc) is 3.15. The Hall–Kier alpha value is -2.49. The van der Waals surface area contributed by atoms with Crippen LogP contribution in [0.15, 0.2) is 30.3 Å². The van der Waals surface area contributed by atoms with Crippen LogP contribution in [-0.4, -0.2) is 12.7 Å². The molecule has 1 heterocycles. The fraction of sp³-hybridized carbons (Fsp3) is 0.278. The van der Waals surface area contributed by atoms with Crippen LogP contribution in [0.3, 0.4) is 0 Å². The first-order valence-electron chi connectivity index (χ1n) is 7.55. The Bertz CT molecular complexity index is 767. The van der Waals surface area contributed by atoms with Gasteiger partial charge in [0.2, 0.25) is 12.7 Å². The first-order valence-corrected chi connectivity index (χ1v) is 7.55. The predicted octanol–water partition coefficient (Wildman–Crippen LogP) is 3.53. The summed E-state index contributed by atoms with van der Waals surface area (Å²) in [6, 6.07) is 10.2. The van der Waals surface area contributed by atoms with E-state index in [2.05, 4.69) is 17.4 Å². The van der Waals surface area contributed by atoms with Gasteiger partial charge in [0.25, 0.3) is 0 Å². The number of carbonyl (C=O) groups is 1. The largest absolute Gasteiger partial charge is 0.454 e. The van der Waals surface area contributed by atoms with Crippen LogP contribution in [0.5, 0.6) is 11.5 Å². The van der Waals surface area contributed by atoms with Crippen LogP contribution in [-0.2, 0) is 17.6 Å². The average molecular weight is 295 g/mol. The molecule has 4 rings (SSSR count). The molecule has 0 fully saturated rings. The zero-order valence-corrected chi connectivity index (χ0v) is 12.4. The van der Waals surface area contributed by atoms with Crippen molar-refractivity contribution in [3.8, 4) is 22.6 Å². The number of ether oxygens (including phenoxy) is 2. The summed E-state index contributed by atoms with van der Waals surface area (Å²) in [5, 5.41) is 2.94. The van der Waals surface area contributed by atoms with Gasteiger partial charge in [0, 0.05) is 12.6 Å². The third-order valence-corrected chi connectivity index (χ3v) is 4.28. The van der Waals surface area contributed by atoms with Crippen LogP contribution in [0.25, 0.3) is 11.1 Å². The van der Waals surface area contributed by atoms with E-state index in [-0.39, 0.29) is 5.91 Å². The number of fused-ring (bicyclic) bond motifs is 2. The molecule has 0 bridgehead atoms. The highest BCUT2D eigenvalue weighted by Gasteiger charge is 2.21. The molecule has 2 aromatic rings. The summed E-state index contributed by atoms with van der Waals surface area (Å²) in [6.45, 7) is 1.84. The number of hydrogen-bond donors (Lipinski definition) is 1. The summed E-state index contributed by atoms with van der Waals surface area (Å²) in [5.74, 6) is 1.58. The third kappa shape index (κ3) is 2.11. The fourth-order valence-electron chi connectivity index (χ4n) is 3.35. The topological polar surface area (TPSA) is 47.6 Å². The third-order valence-electron chi connectivity index (χ3n) is 4.28. The molecule has 0 atom stereocenters. The summed E-state index contributed by atoms with van der Waals surface area (Å²) in [6.07, 6.45) is 3.19. The van der Waals surface area contributed by atoms with Gasteiger partial charge in [0.1, 0.15) is 0 Å². The van der Waals surface area contributed by atoms with E-state index in [1.54, 1.807) is 6.92 Å². The van der Waals surface area contributed by atoms with Gasteiger partial charge < -0.3 is 14.8 Å². The standard InChI is InChI=1S/C18H17NO3/c1-11(20)19-16-7-6-13(14-3-2-4-15(14)16)12-5-8-17-18(9-12)22-10-21-17/h5-9H,2-4,10H2,1H3,(H,19,20). The lowest BCUT2D eigenvalue weighted by Crippen LogP contribution is -2.08. The van der Waals surface area contributed by atoms with Crippen molar-refractivity contribution in [2.45, 2.75) is 26.2 Å². The van der Waals surface area contributed by atoms with Gasteiger partial charge in [0.15, 0.2) is 11.5 Å². The molecule has 1 aliphatic carbocycles. The zero-order valence-electron chi connectivity index (χ0n) is 12.4. The van der Waals surface area contributed by atoms with Crippen LogP contribution in [0, 0.1) is 0 Å². The molecule has 1 N–H and O–H groups in total. The normalized spacial score (nSPS) is 14.8. The lowest BCUT2D eigenvalue weighted by molar-refractivity contribution is -0.114. The van der Waals surface area contributed by atoms with Gasteiger partial charge in [-0.1, -0.05) is 12.1 Å². The van der Waals surface area contributed by atoms with Crippen molar-refractivity contribution < 1.29 is 14.3 Å². The van der Waals surface area contributed by atoms with E-state index >= 15 is 0 Å². The molecule has 4 heteroatoms. The van der Waals surface area contributed by atoms with Crippen LogP contribution in [0.1, 0.15) is 24.5 Å². The molecule has 0 unspecified atom stereocenters. The maximum atomic E-state index is 11.4.